The quantitative estimate of drug-likeness (QED) is 0.709. The maximum absolute atomic E-state index is 12.8. The van der Waals surface area contributed by atoms with Gasteiger partial charge in [-0.15, -0.1) is 0 Å². The van der Waals surface area contributed by atoms with Gasteiger partial charge in [-0.2, -0.15) is 17.0 Å². The number of ether oxygens (including phenoxy) is 1. The Bertz CT molecular complexity index is 868. The minimum Gasteiger partial charge on any atom is -0.497 e. The van der Waals surface area contributed by atoms with Crippen LogP contribution in [0.3, 0.4) is 0 Å². The van der Waals surface area contributed by atoms with Gasteiger partial charge in [-0.1, -0.05) is 12.1 Å². The number of fused-ring (bicyclic) bond motifs is 1. The van der Waals surface area contributed by atoms with Crippen LogP contribution in [0.1, 0.15) is 11.6 Å². The lowest BCUT2D eigenvalue weighted by molar-refractivity contribution is 0.307. The van der Waals surface area contributed by atoms with Crippen LogP contribution in [0.25, 0.3) is 0 Å². The first-order valence-electron chi connectivity index (χ1n) is 8.34. The molecule has 0 aromatic heterocycles. The molecule has 3 atom stereocenters. The molecule has 2 fully saturated rings. The lowest BCUT2D eigenvalue weighted by atomic mass is 9.90. The van der Waals surface area contributed by atoms with Crippen molar-refractivity contribution in [3.63, 3.8) is 0 Å². The van der Waals surface area contributed by atoms with Gasteiger partial charge >= 0.3 is 0 Å². The van der Waals surface area contributed by atoms with Crippen LogP contribution in [0.2, 0.25) is 0 Å². The highest BCUT2D eigenvalue weighted by molar-refractivity contribution is 7.88. The lowest BCUT2D eigenvalue weighted by Gasteiger charge is -2.30. The number of hydrogen-bond donors (Lipinski definition) is 0. The number of methoxy groups -OCH3 is 1. The molecule has 0 N–H and O–H groups in total. The first-order chi connectivity index (χ1) is 12.1. The Hall–Kier alpha value is -1.20. The molecule has 8 nitrogen and oxygen atoms in total. The van der Waals surface area contributed by atoms with Gasteiger partial charge in [0, 0.05) is 33.7 Å². The van der Waals surface area contributed by atoms with Crippen molar-refractivity contribution in [2.75, 3.05) is 47.1 Å². The third-order valence-electron chi connectivity index (χ3n) is 5.27. The average molecular weight is 404 g/mol. The molecule has 2 heterocycles. The summed E-state index contributed by atoms with van der Waals surface area (Å²) in [5.74, 6) is 0.592. The van der Waals surface area contributed by atoms with Gasteiger partial charge < -0.3 is 4.74 Å². The standard InChI is InChI=1S/C16H25N3O5S2/c1-17(2)26(22,23)19-10-13-9-18(25(4,20)21)11-15(13)16(19)12-5-7-14(24-3)8-6-12/h5-8,13,15-16H,9-11H2,1-4H3/t13-,15-,16-/m0/s1. The molecule has 0 radical (unpaired) electrons. The SMILES string of the molecule is COc1ccc([C@H]2[C@H]3CN(S(C)(=O)=O)C[C@H]3CN2S(=O)(=O)N(C)C)cc1. The van der Waals surface area contributed by atoms with Crippen molar-refractivity contribution >= 4 is 20.2 Å². The molecule has 2 aliphatic heterocycles. The molecule has 0 amide bonds. The Morgan fingerprint density at radius 1 is 1.04 bits per heavy atom. The van der Waals surface area contributed by atoms with E-state index in [1.165, 1.54) is 33.3 Å². The lowest BCUT2D eigenvalue weighted by Crippen LogP contribution is -2.42. The Morgan fingerprint density at radius 2 is 1.65 bits per heavy atom. The fourth-order valence-electron chi connectivity index (χ4n) is 3.90. The van der Waals surface area contributed by atoms with E-state index in [0.717, 1.165) is 5.56 Å². The molecule has 26 heavy (non-hydrogen) atoms. The zero-order chi connectivity index (χ0) is 19.3. The van der Waals surface area contributed by atoms with E-state index in [9.17, 15) is 16.8 Å². The van der Waals surface area contributed by atoms with Crippen LogP contribution < -0.4 is 4.74 Å². The molecular weight excluding hydrogens is 378 g/mol. The van der Waals surface area contributed by atoms with E-state index in [1.54, 1.807) is 19.2 Å². The third kappa shape index (κ3) is 3.36. The second-order valence-corrected chi connectivity index (χ2v) is 11.2. The maximum atomic E-state index is 12.8. The van der Waals surface area contributed by atoms with Crippen molar-refractivity contribution in [3.8, 4) is 5.75 Å². The topological polar surface area (TPSA) is 87.2 Å². The van der Waals surface area contributed by atoms with E-state index in [1.807, 2.05) is 12.1 Å². The molecule has 0 aliphatic carbocycles. The minimum absolute atomic E-state index is 0.0217. The van der Waals surface area contributed by atoms with E-state index in [-0.39, 0.29) is 11.8 Å². The van der Waals surface area contributed by atoms with Crippen LogP contribution in [-0.4, -0.2) is 76.8 Å². The summed E-state index contributed by atoms with van der Waals surface area (Å²) in [6.45, 7) is 1.00. The van der Waals surface area contributed by atoms with Crippen LogP contribution in [0.15, 0.2) is 24.3 Å². The van der Waals surface area contributed by atoms with Crippen molar-refractivity contribution in [1.82, 2.24) is 12.9 Å². The molecular formula is C16H25N3O5S2. The molecule has 1 aromatic carbocycles. The van der Waals surface area contributed by atoms with E-state index in [0.29, 0.717) is 25.4 Å². The largest absolute Gasteiger partial charge is 0.497 e. The summed E-state index contributed by atoms with van der Waals surface area (Å²) in [6.07, 6.45) is 1.20. The number of benzene rings is 1. The highest BCUT2D eigenvalue weighted by Crippen LogP contribution is 2.47. The van der Waals surface area contributed by atoms with E-state index in [4.69, 9.17) is 4.74 Å². The molecule has 0 spiro atoms. The summed E-state index contributed by atoms with van der Waals surface area (Å²) < 4.78 is 58.9. The Morgan fingerprint density at radius 3 is 2.15 bits per heavy atom. The number of nitrogens with zero attached hydrogens (tertiary/aromatic N) is 3. The van der Waals surface area contributed by atoms with Gasteiger partial charge in [0.05, 0.1) is 19.4 Å². The van der Waals surface area contributed by atoms with Gasteiger partial charge in [0.25, 0.3) is 10.2 Å². The molecule has 3 rings (SSSR count). The van der Waals surface area contributed by atoms with Gasteiger partial charge in [0.15, 0.2) is 0 Å². The first kappa shape index (κ1) is 19.6. The smallest absolute Gasteiger partial charge is 0.282 e. The van der Waals surface area contributed by atoms with E-state index >= 15 is 0 Å². The van der Waals surface area contributed by atoms with Crippen LogP contribution in [-0.2, 0) is 20.2 Å². The van der Waals surface area contributed by atoms with Crippen LogP contribution >= 0.6 is 0 Å². The predicted octanol–water partition coefficient (Wildman–Crippen LogP) is 0.366. The molecule has 0 unspecified atom stereocenters. The summed E-state index contributed by atoms with van der Waals surface area (Å²) in [6, 6.07) is 6.91. The maximum Gasteiger partial charge on any atom is 0.282 e. The fourth-order valence-corrected chi connectivity index (χ4v) is 6.17. The summed E-state index contributed by atoms with van der Waals surface area (Å²) in [7, 11) is -2.32. The monoisotopic (exact) mass is 403 g/mol. The molecule has 10 heteroatoms. The third-order valence-corrected chi connectivity index (χ3v) is 8.40. The average Bonchev–Trinajstić information content (AvgIpc) is 3.12. The van der Waals surface area contributed by atoms with E-state index < -0.39 is 26.3 Å². The Labute approximate surface area is 155 Å². The zero-order valence-electron chi connectivity index (χ0n) is 15.4. The molecule has 0 saturated carbocycles. The number of sulfonamides is 1. The predicted molar refractivity (Wildman–Crippen MR) is 98.4 cm³/mol. The van der Waals surface area contributed by atoms with Gasteiger partial charge in [0.2, 0.25) is 10.0 Å². The minimum atomic E-state index is -3.62. The highest BCUT2D eigenvalue weighted by Gasteiger charge is 2.53. The molecule has 1 aromatic rings. The van der Waals surface area contributed by atoms with Gasteiger partial charge in [-0.3, -0.25) is 0 Å². The number of hydrogen-bond acceptors (Lipinski definition) is 5. The van der Waals surface area contributed by atoms with Crippen LogP contribution in [0.5, 0.6) is 5.75 Å². The highest BCUT2D eigenvalue weighted by atomic mass is 32.2. The summed E-state index contributed by atoms with van der Waals surface area (Å²) in [5.41, 5.74) is 0.846. The zero-order valence-corrected chi connectivity index (χ0v) is 17.0. The van der Waals surface area contributed by atoms with E-state index in [2.05, 4.69) is 0 Å². The number of rotatable bonds is 5. The fraction of sp³-hybridized carbons (Fsp3) is 0.625. The summed E-state index contributed by atoms with van der Waals surface area (Å²) in [5, 5.41) is 0. The van der Waals surface area contributed by atoms with Crippen LogP contribution in [0, 0.1) is 11.8 Å². The summed E-state index contributed by atoms with van der Waals surface area (Å²) in [4.78, 5) is 0. The molecule has 146 valence electrons. The summed E-state index contributed by atoms with van der Waals surface area (Å²) >= 11 is 0. The van der Waals surface area contributed by atoms with Gasteiger partial charge in [-0.05, 0) is 29.5 Å². The second kappa shape index (κ2) is 6.75. The Kier molecular flexibility index (Phi) is 5.08. The normalized spacial score (nSPS) is 27.8. The van der Waals surface area contributed by atoms with Crippen molar-refractivity contribution in [2.45, 2.75) is 6.04 Å². The van der Waals surface area contributed by atoms with Crippen molar-refractivity contribution in [1.29, 1.82) is 0 Å². The van der Waals surface area contributed by atoms with Crippen molar-refractivity contribution in [3.05, 3.63) is 29.8 Å². The molecule has 0 bridgehead atoms. The molecule has 2 aliphatic rings. The van der Waals surface area contributed by atoms with Gasteiger partial charge in [0.1, 0.15) is 5.75 Å². The first-order valence-corrected chi connectivity index (χ1v) is 11.6. The van der Waals surface area contributed by atoms with Crippen LogP contribution in [0.4, 0.5) is 0 Å². The Balaban J connectivity index is 2.00. The van der Waals surface area contributed by atoms with Crippen molar-refractivity contribution in [2.24, 2.45) is 11.8 Å². The second-order valence-electron chi connectivity index (χ2n) is 7.08. The van der Waals surface area contributed by atoms with Gasteiger partial charge in [-0.25, -0.2) is 12.7 Å². The van der Waals surface area contributed by atoms with Crippen molar-refractivity contribution < 1.29 is 21.6 Å². The molecule has 2 saturated heterocycles.